The molecule has 4 heteroatoms. The molecule has 1 N–H and O–H groups in total. The van der Waals surface area contributed by atoms with Crippen LogP contribution in [0.1, 0.15) is 36.4 Å². The van der Waals surface area contributed by atoms with Gasteiger partial charge in [0.15, 0.2) is 0 Å². The highest BCUT2D eigenvalue weighted by Crippen LogP contribution is 2.09. The molecule has 84 valence electrons. The van der Waals surface area contributed by atoms with Crippen LogP contribution in [0.15, 0.2) is 16.7 Å². The Morgan fingerprint density at radius 2 is 2.40 bits per heavy atom. The van der Waals surface area contributed by atoms with E-state index in [9.17, 15) is 4.79 Å². The number of hydrogen-bond donors (Lipinski definition) is 1. The van der Waals surface area contributed by atoms with E-state index in [0.29, 0.717) is 18.2 Å². The predicted molar refractivity (Wildman–Crippen MR) is 56.6 cm³/mol. The van der Waals surface area contributed by atoms with Crippen molar-refractivity contribution in [1.82, 2.24) is 5.32 Å². The smallest absolute Gasteiger partial charge is 0.341 e. The summed E-state index contributed by atoms with van der Waals surface area (Å²) in [6.07, 6.45) is 2.48. The summed E-state index contributed by atoms with van der Waals surface area (Å²) in [6, 6.07) is 2.14. The summed E-state index contributed by atoms with van der Waals surface area (Å²) in [5.41, 5.74) is 0.457. The van der Waals surface area contributed by atoms with Gasteiger partial charge in [0, 0.05) is 6.04 Å². The quantitative estimate of drug-likeness (QED) is 0.756. The molecule has 0 aliphatic rings. The van der Waals surface area contributed by atoms with Gasteiger partial charge in [0.25, 0.3) is 0 Å². The zero-order chi connectivity index (χ0) is 11.3. The minimum Gasteiger partial charge on any atom is -0.467 e. The molecular formula is C11H17NO3. The molecule has 4 nitrogen and oxygen atoms in total. The van der Waals surface area contributed by atoms with Crippen LogP contribution in [0.3, 0.4) is 0 Å². The lowest BCUT2D eigenvalue weighted by Gasteiger charge is -2.08. The second kappa shape index (κ2) is 5.56. The molecule has 0 amide bonds. The predicted octanol–water partition coefficient (Wildman–Crippen LogP) is 1.95. The minimum atomic E-state index is -0.367. The number of hydrogen-bond acceptors (Lipinski definition) is 4. The van der Waals surface area contributed by atoms with Crippen LogP contribution in [0.2, 0.25) is 0 Å². The van der Waals surface area contributed by atoms with Crippen molar-refractivity contribution in [3.8, 4) is 0 Å². The van der Waals surface area contributed by atoms with Crippen LogP contribution in [-0.2, 0) is 11.3 Å². The Labute approximate surface area is 89.6 Å². The Balaban J connectivity index is 2.49. The number of esters is 1. The van der Waals surface area contributed by atoms with Gasteiger partial charge in [-0.2, -0.15) is 0 Å². The maximum absolute atomic E-state index is 11.1. The monoisotopic (exact) mass is 211 g/mol. The first-order valence-corrected chi connectivity index (χ1v) is 5.06. The molecule has 1 aromatic rings. The molecule has 15 heavy (non-hydrogen) atoms. The van der Waals surface area contributed by atoms with Crippen molar-refractivity contribution in [2.24, 2.45) is 0 Å². The van der Waals surface area contributed by atoms with Gasteiger partial charge in [-0.3, -0.25) is 0 Å². The lowest BCUT2D eigenvalue weighted by atomic mass is 10.2. The van der Waals surface area contributed by atoms with Gasteiger partial charge in [0.05, 0.1) is 19.2 Å². The molecule has 0 saturated carbocycles. The summed E-state index contributed by atoms with van der Waals surface area (Å²) >= 11 is 0. The molecule has 0 radical (unpaired) electrons. The number of ether oxygens (including phenoxy) is 1. The van der Waals surface area contributed by atoms with E-state index >= 15 is 0 Å². The lowest BCUT2D eigenvalue weighted by Crippen LogP contribution is -2.24. The summed E-state index contributed by atoms with van der Waals surface area (Å²) in [5, 5.41) is 3.27. The number of carbonyl (C=O) groups excluding carboxylic acids is 1. The van der Waals surface area contributed by atoms with Gasteiger partial charge in [0.2, 0.25) is 0 Å². The minimum absolute atomic E-state index is 0.367. The fourth-order valence-corrected chi connectivity index (χ4v) is 1.12. The number of methoxy groups -OCH3 is 1. The van der Waals surface area contributed by atoms with Crippen molar-refractivity contribution in [3.05, 3.63) is 23.7 Å². The Hall–Kier alpha value is -1.29. The van der Waals surface area contributed by atoms with Gasteiger partial charge in [-0.1, -0.05) is 6.92 Å². The Morgan fingerprint density at radius 3 is 3.00 bits per heavy atom. The van der Waals surface area contributed by atoms with Crippen molar-refractivity contribution in [2.45, 2.75) is 32.9 Å². The van der Waals surface area contributed by atoms with Gasteiger partial charge in [-0.15, -0.1) is 0 Å². The molecular weight excluding hydrogens is 194 g/mol. The average Bonchev–Trinajstić information content (AvgIpc) is 2.73. The van der Waals surface area contributed by atoms with Crippen molar-refractivity contribution < 1.29 is 13.9 Å². The van der Waals surface area contributed by atoms with Crippen LogP contribution >= 0.6 is 0 Å². The molecule has 1 aromatic heterocycles. The van der Waals surface area contributed by atoms with Gasteiger partial charge < -0.3 is 14.5 Å². The topological polar surface area (TPSA) is 51.5 Å². The fourth-order valence-electron chi connectivity index (χ4n) is 1.12. The lowest BCUT2D eigenvalue weighted by molar-refractivity contribution is 0.0600. The Morgan fingerprint density at radius 1 is 1.67 bits per heavy atom. The van der Waals surface area contributed by atoms with E-state index in [0.717, 1.165) is 12.2 Å². The largest absolute Gasteiger partial charge is 0.467 e. The van der Waals surface area contributed by atoms with E-state index in [4.69, 9.17) is 4.42 Å². The highest BCUT2D eigenvalue weighted by molar-refractivity contribution is 5.88. The molecule has 0 aromatic carbocycles. The summed E-state index contributed by atoms with van der Waals surface area (Å²) < 4.78 is 9.80. The van der Waals surface area contributed by atoms with Crippen LogP contribution in [0.5, 0.6) is 0 Å². The Kier molecular flexibility index (Phi) is 4.37. The second-order valence-electron chi connectivity index (χ2n) is 3.48. The number of rotatable bonds is 5. The van der Waals surface area contributed by atoms with Gasteiger partial charge >= 0.3 is 5.97 Å². The molecule has 1 heterocycles. The third-order valence-electron chi connectivity index (χ3n) is 2.31. The van der Waals surface area contributed by atoms with Crippen LogP contribution in [-0.4, -0.2) is 19.1 Å². The Bertz CT molecular complexity index is 319. The zero-order valence-corrected chi connectivity index (χ0v) is 9.37. The standard InChI is InChI=1S/C11H17NO3/c1-4-8(2)12-6-10-5-9(7-15-10)11(13)14-3/h5,7-8,12H,4,6H2,1-3H3. The maximum Gasteiger partial charge on any atom is 0.341 e. The second-order valence-corrected chi connectivity index (χ2v) is 3.48. The number of nitrogens with one attached hydrogen (secondary N) is 1. The van der Waals surface area contributed by atoms with Crippen LogP contribution in [0.25, 0.3) is 0 Å². The van der Waals surface area contributed by atoms with E-state index in [1.165, 1.54) is 13.4 Å². The highest BCUT2D eigenvalue weighted by Gasteiger charge is 2.10. The molecule has 0 spiro atoms. The molecule has 0 aliphatic heterocycles. The van der Waals surface area contributed by atoms with Crippen LogP contribution < -0.4 is 5.32 Å². The van der Waals surface area contributed by atoms with Crippen LogP contribution in [0, 0.1) is 0 Å². The third kappa shape index (κ3) is 3.40. The van der Waals surface area contributed by atoms with E-state index in [1.807, 2.05) is 0 Å². The van der Waals surface area contributed by atoms with E-state index < -0.39 is 0 Å². The van der Waals surface area contributed by atoms with E-state index in [-0.39, 0.29) is 5.97 Å². The van der Waals surface area contributed by atoms with E-state index in [2.05, 4.69) is 23.9 Å². The summed E-state index contributed by atoms with van der Waals surface area (Å²) in [7, 11) is 1.35. The third-order valence-corrected chi connectivity index (χ3v) is 2.31. The summed E-state index contributed by atoms with van der Waals surface area (Å²) in [4.78, 5) is 11.1. The van der Waals surface area contributed by atoms with Crippen LogP contribution in [0.4, 0.5) is 0 Å². The fraction of sp³-hybridized carbons (Fsp3) is 0.545. The van der Waals surface area contributed by atoms with Crippen molar-refractivity contribution in [3.63, 3.8) is 0 Å². The van der Waals surface area contributed by atoms with E-state index in [1.54, 1.807) is 6.07 Å². The highest BCUT2D eigenvalue weighted by atomic mass is 16.5. The molecule has 0 bridgehead atoms. The first kappa shape index (κ1) is 11.8. The van der Waals surface area contributed by atoms with Gasteiger partial charge in [-0.05, 0) is 19.4 Å². The average molecular weight is 211 g/mol. The van der Waals surface area contributed by atoms with Gasteiger partial charge in [0.1, 0.15) is 12.0 Å². The molecule has 1 atom stereocenters. The first-order valence-electron chi connectivity index (χ1n) is 5.06. The number of furan rings is 1. The van der Waals surface area contributed by atoms with Crippen molar-refractivity contribution in [2.75, 3.05) is 7.11 Å². The molecule has 1 unspecified atom stereocenters. The normalized spacial score (nSPS) is 12.5. The maximum atomic E-state index is 11.1. The zero-order valence-electron chi connectivity index (χ0n) is 9.37. The molecule has 0 fully saturated rings. The molecule has 0 saturated heterocycles. The molecule has 0 aliphatic carbocycles. The molecule has 1 rings (SSSR count). The summed E-state index contributed by atoms with van der Waals surface area (Å²) in [6.45, 7) is 4.84. The van der Waals surface area contributed by atoms with Gasteiger partial charge in [-0.25, -0.2) is 4.79 Å². The SMILES string of the molecule is CCC(C)NCc1cc(C(=O)OC)co1. The van der Waals surface area contributed by atoms with Crippen molar-refractivity contribution >= 4 is 5.97 Å². The number of carbonyl (C=O) groups is 1. The first-order chi connectivity index (χ1) is 7.17. The summed E-state index contributed by atoms with van der Waals surface area (Å²) in [5.74, 6) is 0.379. The van der Waals surface area contributed by atoms with Crippen molar-refractivity contribution in [1.29, 1.82) is 0 Å².